The molecule has 0 spiro atoms. The summed E-state index contributed by atoms with van der Waals surface area (Å²) < 4.78 is 26.5. The number of rotatable bonds is 1. The summed E-state index contributed by atoms with van der Waals surface area (Å²) >= 11 is 1.01. The standard InChI is InChI=1S/C19H26FNO5S/c1-13-7-5-3-2-4-6-8-18(20)10-14(25-16(22)9-13)11-19(24,26-18)15-12-27-17(23)21-15/h2-3,9,14-15,24H,4-8,10-12H2,1H3,(H,21,23)/b3-2+,13-9-/t14-,15+,18?,19-/m1/s1. The van der Waals surface area contributed by atoms with Crippen molar-refractivity contribution in [2.24, 2.45) is 0 Å². The molecule has 0 saturated carbocycles. The molecule has 2 N–H and O–H groups in total. The van der Waals surface area contributed by atoms with Gasteiger partial charge < -0.3 is 19.9 Å². The summed E-state index contributed by atoms with van der Waals surface area (Å²) in [5, 5.41) is 13.3. The zero-order valence-corrected chi connectivity index (χ0v) is 16.2. The van der Waals surface area contributed by atoms with Crippen molar-refractivity contribution in [2.45, 2.75) is 75.7 Å². The third kappa shape index (κ3) is 5.33. The van der Waals surface area contributed by atoms with Crippen LogP contribution in [0.5, 0.6) is 0 Å². The van der Waals surface area contributed by atoms with Crippen molar-refractivity contribution in [3.63, 3.8) is 0 Å². The van der Waals surface area contributed by atoms with Crippen molar-refractivity contribution in [3.05, 3.63) is 23.8 Å². The van der Waals surface area contributed by atoms with Gasteiger partial charge in [-0.2, -0.15) is 0 Å². The summed E-state index contributed by atoms with van der Waals surface area (Å²) in [5.41, 5.74) is 0.884. The molecule has 3 aliphatic heterocycles. The van der Waals surface area contributed by atoms with Crippen molar-refractivity contribution in [1.29, 1.82) is 0 Å². The number of carbonyl (C=O) groups excluding carboxylic acids is 2. The molecule has 0 radical (unpaired) electrons. The number of hydrogen-bond acceptors (Lipinski definition) is 6. The molecule has 1 amide bonds. The molecule has 150 valence electrons. The van der Waals surface area contributed by atoms with Gasteiger partial charge in [0.05, 0.1) is 6.04 Å². The van der Waals surface area contributed by atoms with Gasteiger partial charge in [-0.15, -0.1) is 0 Å². The average Bonchev–Trinajstić information content (AvgIpc) is 2.99. The maximum atomic E-state index is 15.5. The van der Waals surface area contributed by atoms with Crippen molar-refractivity contribution in [1.82, 2.24) is 5.32 Å². The molecule has 6 nitrogen and oxygen atoms in total. The largest absolute Gasteiger partial charge is 0.459 e. The number of amides is 1. The molecule has 2 fully saturated rings. The normalized spacial score (nSPS) is 41.7. The molecule has 0 aliphatic carbocycles. The Morgan fingerprint density at radius 3 is 2.81 bits per heavy atom. The molecule has 27 heavy (non-hydrogen) atoms. The van der Waals surface area contributed by atoms with Crippen LogP contribution in [-0.2, 0) is 14.3 Å². The number of esters is 1. The fourth-order valence-corrected chi connectivity index (χ4v) is 4.61. The Balaban J connectivity index is 1.82. The second-order valence-electron chi connectivity index (χ2n) is 7.49. The van der Waals surface area contributed by atoms with Crippen LogP contribution in [0.4, 0.5) is 9.18 Å². The number of thioether (sulfide) groups is 1. The topological polar surface area (TPSA) is 84.9 Å². The van der Waals surface area contributed by atoms with Gasteiger partial charge in [0.2, 0.25) is 5.85 Å². The number of alkyl halides is 1. The van der Waals surface area contributed by atoms with Crippen molar-refractivity contribution < 1.29 is 28.6 Å². The Bertz CT molecular complexity index is 654. The number of carbonyl (C=O) groups is 2. The SMILES string of the molecule is C/C1=C/C(=O)O[C@@H]2CC(F)(CCC/C=C/CC1)O[C@@](O)([C@@H]1CSC(=O)N1)C2. The van der Waals surface area contributed by atoms with Gasteiger partial charge in [0.1, 0.15) is 6.10 Å². The quantitative estimate of drug-likeness (QED) is 0.520. The van der Waals surface area contributed by atoms with Crippen LogP contribution >= 0.6 is 11.8 Å². The highest BCUT2D eigenvalue weighted by molar-refractivity contribution is 8.14. The van der Waals surface area contributed by atoms with Crippen LogP contribution in [0.3, 0.4) is 0 Å². The third-order valence-electron chi connectivity index (χ3n) is 5.07. The van der Waals surface area contributed by atoms with Crippen molar-refractivity contribution in [2.75, 3.05) is 5.75 Å². The Hall–Kier alpha value is -1.38. The molecule has 1 unspecified atom stereocenters. The lowest BCUT2D eigenvalue weighted by Gasteiger charge is -2.46. The lowest BCUT2D eigenvalue weighted by atomic mass is 9.90. The highest BCUT2D eigenvalue weighted by Crippen LogP contribution is 2.43. The van der Waals surface area contributed by atoms with E-state index in [1.165, 1.54) is 6.08 Å². The maximum Gasteiger partial charge on any atom is 0.330 e. The molecule has 3 aliphatic rings. The minimum atomic E-state index is -2.12. The zero-order chi connectivity index (χ0) is 19.5. The van der Waals surface area contributed by atoms with Crippen LogP contribution in [-0.4, -0.2) is 45.9 Å². The fraction of sp³-hybridized carbons (Fsp3) is 0.684. The number of nitrogens with one attached hydrogen (secondary N) is 1. The third-order valence-corrected chi connectivity index (χ3v) is 5.95. The average molecular weight is 399 g/mol. The van der Waals surface area contributed by atoms with E-state index in [1.54, 1.807) is 0 Å². The molecule has 0 aromatic heterocycles. The van der Waals surface area contributed by atoms with E-state index in [4.69, 9.17) is 9.47 Å². The summed E-state index contributed by atoms with van der Waals surface area (Å²) in [6, 6.07) is -0.748. The number of allylic oxidation sites excluding steroid dienone is 3. The molecular weight excluding hydrogens is 373 g/mol. The highest BCUT2D eigenvalue weighted by atomic mass is 32.2. The first-order chi connectivity index (χ1) is 12.8. The number of fused-ring (bicyclic) bond motifs is 2. The number of aliphatic hydroxyl groups is 1. The number of hydrogen-bond donors (Lipinski definition) is 2. The second-order valence-corrected chi connectivity index (χ2v) is 8.48. The van der Waals surface area contributed by atoms with Gasteiger partial charge in [-0.25, -0.2) is 9.18 Å². The van der Waals surface area contributed by atoms with Crippen LogP contribution in [0.1, 0.15) is 51.9 Å². The first kappa shape index (κ1) is 20.4. The smallest absolute Gasteiger partial charge is 0.330 e. The van der Waals surface area contributed by atoms with Crippen molar-refractivity contribution in [3.8, 4) is 0 Å². The van der Waals surface area contributed by atoms with E-state index < -0.39 is 29.8 Å². The van der Waals surface area contributed by atoms with Gasteiger partial charge >= 0.3 is 5.97 Å². The summed E-state index contributed by atoms with van der Waals surface area (Å²) in [6.45, 7) is 1.85. The molecule has 8 heteroatoms. The number of halogens is 1. The van der Waals surface area contributed by atoms with Gasteiger partial charge in [0, 0.05) is 31.1 Å². The van der Waals surface area contributed by atoms with E-state index in [0.717, 1.165) is 30.2 Å². The molecule has 4 atom stereocenters. The predicted molar refractivity (Wildman–Crippen MR) is 99.7 cm³/mol. The van der Waals surface area contributed by atoms with Gasteiger partial charge in [-0.05, 0) is 32.6 Å². The van der Waals surface area contributed by atoms with Crippen LogP contribution in [0.2, 0.25) is 0 Å². The van der Waals surface area contributed by atoms with Gasteiger partial charge in [0.15, 0.2) is 5.79 Å². The lowest BCUT2D eigenvalue weighted by molar-refractivity contribution is -0.354. The van der Waals surface area contributed by atoms with E-state index in [1.807, 2.05) is 19.1 Å². The molecule has 3 heterocycles. The summed E-state index contributed by atoms with van der Waals surface area (Å²) in [5.74, 6) is -4.31. The highest BCUT2D eigenvalue weighted by Gasteiger charge is 2.55. The molecule has 0 aromatic carbocycles. The van der Waals surface area contributed by atoms with Crippen LogP contribution in [0.15, 0.2) is 23.8 Å². The van der Waals surface area contributed by atoms with Crippen LogP contribution in [0.25, 0.3) is 0 Å². The van der Waals surface area contributed by atoms with Crippen molar-refractivity contribution >= 4 is 23.0 Å². The van der Waals surface area contributed by atoms with Crippen LogP contribution in [0, 0.1) is 0 Å². The number of ether oxygens (including phenoxy) is 2. The lowest BCUT2D eigenvalue weighted by Crippen LogP contribution is -2.61. The minimum Gasteiger partial charge on any atom is -0.459 e. The van der Waals surface area contributed by atoms with Crippen LogP contribution < -0.4 is 5.32 Å². The molecule has 0 aromatic rings. The maximum absolute atomic E-state index is 15.5. The first-order valence-electron chi connectivity index (χ1n) is 9.36. The van der Waals surface area contributed by atoms with Gasteiger partial charge in [-0.3, -0.25) is 4.79 Å². The van der Waals surface area contributed by atoms with E-state index >= 15 is 4.39 Å². The first-order valence-corrected chi connectivity index (χ1v) is 10.3. The monoisotopic (exact) mass is 399 g/mol. The Morgan fingerprint density at radius 2 is 2.07 bits per heavy atom. The zero-order valence-electron chi connectivity index (χ0n) is 15.4. The summed E-state index contributed by atoms with van der Waals surface area (Å²) in [6.07, 6.45) is 7.29. The molecular formula is C19H26FNO5S. The fourth-order valence-electron chi connectivity index (χ4n) is 3.72. The predicted octanol–water partition coefficient (Wildman–Crippen LogP) is 3.35. The summed E-state index contributed by atoms with van der Waals surface area (Å²) in [7, 11) is 0. The Labute approximate surface area is 162 Å². The Morgan fingerprint density at radius 1 is 1.30 bits per heavy atom. The van der Waals surface area contributed by atoms with E-state index in [2.05, 4.69) is 5.32 Å². The summed E-state index contributed by atoms with van der Waals surface area (Å²) in [4.78, 5) is 23.7. The molecule has 2 saturated heterocycles. The Kier molecular flexibility index (Phi) is 6.28. The van der Waals surface area contributed by atoms with E-state index in [0.29, 0.717) is 12.8 Å². The van der Waals surface area contributed by atoms with E-state index in [9.17, 15) is 14.7 Å². The molecule has 2 bridgehead atoms. The van der Waals surface area contributed by atoms with E-state index in [-0.39, 0.29) is 30.3 Å². The second kappa shape index (κ2) is 8.32. The van der Waals surface area contributed by atoms with Gasteiger partial charge in [-0.1, -0.05) is 29.5 Å². The van der Waals surface area contributed by atoms with Gasteiger partial charge in [0.25, 0.3) is 5.24 Å². The molecule has 3 rings (SSSR count). The minimum absolute atomic E-state index is 0.0797.